The van der Waals surface area contributed by atoms with Crippen LogP contribution in [0.3, 0.4) is 0 Å². The van der Waals surface area contributed by atoms with Crippen LogP contribution in [0.25, 0.3) is 16.3 Å². The van der Waals surface area contributed by atoms with Gasteiger partial charge in [-0.25, -0.2) is 4.98 Å². The number of carbonyl (C=O) groups excluding carboxylic acids is 2. The molecule has 1 aromatic heterocycles. The van der Waals surface area contributed by atoms with Crippen molar-refractivity contribution in [2.75, 3.05) is 17.2 Å². The van der Waals surface area contributed by atoms with Crippen molar-refractivity contribution in [2.45, 2.75) is 20.5 Å². The zero-order valence-electron chi connectivity index (χ0n) is 16.6. The Labute approximate surface area is 180 Å². The number of halogens is 2. The molecule has 0 aliphatic rings. The van der Waals surface area contributed by atoms with Crippen molar-refractivity contribution in [2.24, 2.45) is 0 Å². The third-order valence-corrected chi connectivity index (χ3v) is 4.78. The van der Waals surface area contributed by atoms with E-state index in [4.69, 9.17) is 4.74 Å². The van der Waals surface area contributed by atoms with Gasteiger partial charge in [-0.15, -0.1) is 0 Å². The lowest BCUT2D eigenvalue weighted by Crippen LogP contribution is -2.07. The van der Waals surface area contributed by atoms with E-state index in [1.165, 1.54) is 48.6 Å². The molecule has 31 heavy (non-hydrogen) atoms. The van der Waals surface area contributed by atoms with Crippen molar-refractivity contribution in [1.82, 2.24) is 4.98 Å². The normalized spacial score (nSPS) is 11.1. The SMILES string of the molecule is CCOc1cc(/C=C/C(=O)Nc2nc3ccc(NC(C)=O)cc3s2)ccc1OC(F)F. The van der Waals surface area contributed by atoms with E-state index in [2.05, 4.69) is 20.4 Å². The summed E-state index contributed by atoms with van der Waals surface area (Å²) in [7, 11) is 0. The minimum atomic E-state index is -2.96. The van der Waals surface area contributed by atoms with Crippen LogP contribution >= 0.6 is 11.3 Å². The largest absolute Gasteiger partial charge is 0.490 e. The molecule has 0 bridgehead atoms. The predicted molar refractivity (Wildman–Crippen MR) is 116 cm³/mol. The van der Waals surface area contributed by atoms with E-state index in [0.29, 0.717) is 21.9 Å². The van der Waals surface area contributed by atoms with Gasteiger partial charge in [-0.3, -0.25) is 14.9 Å². The average Bonchev–Trinajstić information content (AvgIpc) is 3.09. The van der Waals surface area contributed by atoms with Gasteiger partial charge in [0.2, 0.25) is 11.8 Å². The number of hydrogen-bond acceptors (Lipinski definition) is 6. The number of fused-ring (bicyclic) bond motifs is 1. The quantitative estimate of drug-likeness (QED) is 0.479. The number of amides is 2. The van der Waals surface area contributed by atoms with Gasteiger partial charge in [-0.2, -0.15) is 8.78 Å². The maximum atomic E-state index is 12.5. The van der Waals surface area contributed by atoms with Gasteiger partial charge in [0.1, 0.15) is 0 Å². The smallest absolute Gasteiger partial charge is 0.387 e. The maximum absolute atomic E-state index is 12.5. The lowest BCUT2D eigenvalue weighted by molar-refractivity contribution is -0.114. The first-order chi connectivity index (χ1) is 14.8. The summed E-state index contributed by atoms with van der Waals surface area (Å²) in [5.41, 5.74) is 1.91. The summed E-state index contributed by atoms with van der Waals surface area (Å²) in [6, 6.07) is 9.65. The van der Waals surface area contributed by atoms with Crippen molar-refractivity contribution in [3.8, 4) is 11.5 Å². The third-order valence-electron chi connectivity index (χ3n) is 3.85. The highest BCUT2D eigenvalue weighted by molar-refractivity contribution is 7.22. The molecular formula is C21H19F2N3O4S. The molecule has 0 unspecified atom stereocenters. The molecule has 0 aliphatic heterocycles. The Kier molecular flexibility index (Phi) is 7.14. The minimum Gasteiger partial charge on any atom is -0.490 e. The van der Waals surface area contributed by atoms with Crippen molar-refractivity contribution in [3.05, 3.63) is 48.0 Å². The molecule has 7 nitrogen and oxygen atoms in total. The molecule has 0 atom stereocenters. The van der Waals surface area contributed by atoms with E-state index in [1.807, 2.05) is 0 Å². The molecule has 2 aromatic carbocycles. The Hall–Kier alpha value is -3.53. The summed E-state index contributed by atoms with van der Waals surface area (Å²) in [4.78, 5) is 27.8. The number of thiazole rings is 1. The monoisotopic (exact) mass is 447 g/mol. The highest BCUT2D eigenvalue weighted by atomic mass is 32.1. The van der Waals surface area contributed by atoms with Crippen LogP contribution in [0.5, 0.6) is 11.5 Å². The van der Waals surface area contributed by atoms with Crippen LogP contribution in [0, 0.1) is 0 Å². The van der Waals surface area contributed by atoms with Crippen LogP contribution in [-0.4, -0.2) is 30.0 Å². The minimum absolute atomic E-state index is 0.0773. The van der Waals surface area contributed by atoms with Gasteiger partial charge in [0.05, 0.1) is 16.8 Å². The summed E-state index contributed by atoms with van der Waals surface area (Å²) in [5.74, 6) is -0.506. The fraction of sp³-hybridized carbons (Fsp3) is 0.190. The highest BCUT2D eigenvalue weighted by Gasteiger charge is 2.11. The first-order valence-electron chi connectivity index (χ1n) is 9.23. The van der Waals surface area contributed by atoms with Crippen LogP contribution < -0.4 is 20.1 Å². The molecule has 3 rings (SSSR count). The van der Waals surface area contributed by atoms with Crippen molar-refractivity contribution in [1.29, 1.82) is 0 Å². The zero-order chi connectivity index (χ0) is 22.4. The number of nitrogens with zero attached hydrogens (tertiary/aromatic N) is 1. The van der Waals surface area contributed by atoms with Gasteiger partial charge in [0.15, 0.2) is 16.6 Å². The Morgan fingerprint density at radius 2 is 1.97 bits per heavy atom. The van der Waals surface area contributed by atoms with E-state index < -0.39 is 12.5 Å². The van der Waals surface area contributed by atoms with Crippen molar-refractivity contribution in [3.63, 3.8) is 0 Å². The van der Waals surface area contributed by atoms with Gasteiger partial charge in [0.25, 0.3) is 0 Å². The lowest BCUT2D eigenvalue weighted by atomic mass is 10.2. The fourth-order valence-corrected chi connectivity index (χ4v) is 3.58. The molecule has 2 N–H and O–H groups in total. The Bertz CT molecular complexity index is 1130. The van der Waals surface area contributed by atoms with Gasteiger partial charge in [-0.05, 0) is 48.9 Å². The molecule has 0 saturated carbocycles. The summed E-state index contributed by atoms with van der Waals surface area (Å²) in [6.07, 6.45) is 2.82. The van der Waals surface area contributed by atoms with E-state index in [1.54, 1.807) is 25.1 Å². The van der Waals surface area contributed by atoms with E-state index in [0.717, 1.165) is 4.70 Å². The van der Waals surface area contributed by atoms with Crippen molar-refractivity contribution >= 4 is 50.3 Å². The van der Waals surface area contributed by atoms with Gasteiger partial charge in [0, 0.05) is 18.7 Å². The number of benzene rings is 2. The Balaban J connectivity index is 1.69. The van der Waals surface area contributed by atoms with Gasteiger partial charge >= 0.3 is 6.61 Å². The molecule has 0 radical (unpaired) electrons. The number of anilines is 2. The number of carbonyl (C=O) groups is 2. The van der Waals surface area contributed by atoms with Crippen LogP contribution in [0.1, 0.15) is 19.4 Å². The third kappa shape index (κ3) is 6.22. The highest BCUT2D eigenvalue weighted by Crippen LogP contribution is 2.31. The summed E-state index contributed by atoms with van der Waals surface area (Å²) >= 11 is 1.27. The standard InChI is InChI=1S/C21H19F2N3O4S/c1-3-29-17-10-13(4-8-16(17)30-20(22)23)5-9-19(28)26-21-25-15-7-6-14(24-12(2)27)11-18(15)31-21/h4-11,20H,3H2,1-2H3,(H,24,27)(H,25,26,28)/b9-5+. The molecule has 3 aromatic rings. The number of rotatable bonds is 8. The molecule has 162 valence electrons. The molecular weight excluding hydrogens is 428 g/mol. The average molecular weight is 447 g/mol. The van der Waals surface area contributed by atoms with Crippen molar-refractivity contribution < 1.29 is 27.8 Å². The predicted octanol–water partition coefficient (Wildman–Crippen LogP) is 4.91. The lowest BCUT2D eigenvalue weighted by Gasteiger charge is -2.11. The first kappa shape index (κ1) is 22.2. The number of nitrogens with one attached hydrogen (secondary N) is 2. The molecule has 0 saturated heterocycles. The second-order valence-corrected chi connectivity index (χ2v) is 7.25. The van der Waals surface area contributed by atoms with Gasteiger partial charge < -0.3 is 14.8 Å². The molecule has 0 spiro atoms. The molecule has 0 aliphatic carbocycles. The fourth-order valence-electron chi connectivity index (χ4n) is 2.67. The summed E-state index contributed by atoms with van der Waals surface area (Å²) < 4.78 is 35.5. The van der Waals surface area contributed by atoms with Crippen LogP contribution in [-0.2, 0) is 9.59 Å². The van der Waals surface area contributed by atoms with E-state index >= 15 is 0 Å². The Morgan fingerprint density at radius 3 is 2.68 bits per heavy atom. The number of hydrogen-bond donors (Lipinski definition) is 2. The molecule has 2 amide bonds. The van der Waals surface area contributed by atoms with E-state index in [-0.39, 0.29) is 24.0 Å². The van der Waals surface area contributed by atoms with Crippen LogP contribution in [0.15, 0.2) is 42.5 Å². The first-order valence-corrected chi connectivity index (χ1v) is 10.0. The number of aromatic nitrogens is 1. The second-order valence-electron chi connectivity index (χ2n) is 6.22. The second kappa shape index (κ2) is 9.98. The zero-order valence-corrected chi connectivity index (χ0v) is 17.5. The number of alkyl halides is 2. The van der Waals surface area contributed by atoms with Crippen LogP contribution in [0.4, 0.5) is 19.6 Å². The Morgan fingerprint density at radius 1 is 1.16 bits per heavy atom. The van der Waals surface area contributed by atoms with Crippen LogP contribution in [0.2, 0.25) is 0 Å². The van der Waals surface area contributed by atoms with Gasteiger partial charge in [-0.1, -0.05) is 17.4 Å². The summed E-state index contributed by atoms with van der Waals surface area (Å²) in [6.45, 7) is 0.453. The number of ether oxygens (including phenoxy) is 2. The maximum Gasteiger partial charge on any atom is 0.387 e. The topological polar surface area (TPSA) is 89.5 Å². The van der Waals surface area contributed by atoms with E-state index in [9.17, 15) is 18.4 Å². The summed E-state index contributed by atoms with van der Waals surface area (Å²) in [5, 5.41) is 5.78. The molecule has 0 fully saturated rings. The molecule has 10 heteroatoms. The molecule has 1 heterocycles.